The molecule has 2 aromatic carbocycles. The quantitative estimate of drug-likeness (QED) is 0.534. The number of methoxy groups -OCH3 is 1. The van der Waals surface area contributed by atoms with E-state index in [9.17, 15) is 18.0 Å². The van der Waals surface area contributed by atoms with Crippen LogP contribution in [0.2, 0.25) is 0 Å². The Balaban J connectivity index is 2.01. The van der Waals surface area contributed by atoms with Crippen LogP contribution in [0.1, 0.15) is 43.5 Å². The standard InChI is InChI=1S/C23H31N3O5S/c1-5-17(2)24-23(28)20-9-6-7-10-21(20)25-22(27)11-8-16-26(32(4,29)30)18-12-14-19(31-3)15-13-18/h6-7,9-10,12-15,17H,5,8,11,16H2,1-4H3,(H,24,28)(H,25,27)/t17-/m0/s1. The summed E-state index contributed by atoms with van der Waals surface area (Å²) >= 11 is 0. The molecule has 2 N–H and O–H groups in total. The van der Waals surface area contributed by atoms with Gasteiger partial charge >= 0.3 is 0 Å². The fraction of sp³-hybridized carbons (Fsp3) is 0.391. The summed E-state index contributed by atoms with van der Waals surface area (Å²) in [5.74, 6) is 0.0765. The van der Waals surface area contributed by atoms with Crippen LogP contribution in [0.4, 0.5) is 11.4 Å². The molecule has 0 aliphatic rings. The van der Waals surface area contributed by atoms with Gasteiger partial charge in [0.1, 0.15) is 5.75 Å². The van der Waals surface area contributed by atoms with E-state index in [4.69, 9.17) is 4.74 Å². The first-order chi connectivity index (χ1) is 15.2. The van der Waals surface area contributed by atoms with Gasteiger partial charge in [-0.1, -0.05) is 19.1 Å². The predicted molar refractivity (Wildman–Crippen MR) is 127 cm³/mol. The lowest BCUT2D eigenvalue weighted by Crippen LogP contribution is -2.33. The first-order valence-corrected chi connectivity index (χ1v) is 12.3. The molecular formula is C23H31N3O5S. The van der Waals surface area contributed by atoms with Crippen LogP contribution in [0.5, 0.6) is 5.75 Å². The van der Waals surface area contributed by atoms with Gasteiger partial charge in [0.2, 0.25) is 15.9 Å². The molecule has 8 nitrogen and oxygen atoms in total. The molecule has 2 amide bonds. The smallest absolute Gasteiger partial charge is 0.253 e. The fourth-order valence-corrected chi connectivity index (χ4v) is 3.99. The van der Waals surface area contributed by atoms with E-state index in [1.165, 1.54) is 11.4 Å². The summed E-state index contributed by atoms with van der Waals surface area (Å²) in [5, 5.41) is 5.65. The van der Waals surface area contributed by atoms with Crippen molar-refractivity contribution in [2.45, 2.75) is 39.2 Å². The van der Waals surface area contributed by atoms with Crippen molar-refractivity contribution in [3.05, 3.63) is 54.1 Å². The van der Waals surface area contributed by atoms with Gasteiger partial charge in [0, 0.05) is 19.0 Å². The molecule has 0 spiro atoms. The van der Waals surface area contributed by atoms with E-state index >= 15 is 0 Å². The van der Waals surface area contributed by atoms with E-state index in [0.717, 1.165) is 12.7 Å². The molecule has 0 aliphatic carbocycles. The van der Waals surface area contributed by atoms with E-state index in [1.807, 2.05) is 13.8 Å². The molecule has 174 valence electrons. The average Bonchev–Trinajstić information content (AvgIpc) is 2.76. The highest BCUT2D eigenvalue weighted by Crippen LogP contribution is 2.22. The number of rotatable bonds is 11. The number of hydrogen-bond acceptors (Lipinski definition) is 5. The van der Waals surface area contributed by atoms with Gasteiger partial charge < -0.3 is 15.4 Å². The lowest BCUT2D eigenvalue weighted by Gasteiger charge is -2.22. The normalized spacial score (nSPS) is 12.0. The van der Waals surface area contributed by atoms with Crippen molar-refractivity contribution in [3.8, 4) is 5.75 Å². The lowest BCUT2D eigenvalue weighted by molar-refractivity contribution is -0.116. The molecule has 0 bridgehead atoms. The van der Waals surface area contributed by atoms with Crippen molar-refractivity contribution in [2.75, 3.05) is 29.5 Å². The molecular weight excluding hydrogens is 430 g/mol. The minimum atomic E-state index is -3.52. The Morgan fingerprint density at radius 1 is 1.09 bits per heavy atom. The number of para-hydroxylation sites is 1. The second-order valence-electron chi connectivity index (χ2n) is 7.51. The van der Waals surface area contributed by atoms with Crippen LogP contribution in [-0.2, 0) is 14.8 Å². The number of hydrogen-bond donors (Lipinski definition) is 2. The molecule has 0 heterocycles. The van der Waals surface area contributed by atoms with Gasteiger partial charge in [0.25, 0.3) is 5.91 Å². The Kier molecular flexibility index (Phi) is 9.07. The number of amides is 2. The number of nitrogens with zero attached hydrogens (tertiary/aromatic N) is 1. The minimum Gasteiger partial charge on any atom is -0.497 e. The first-order valence-electron chi connectivity index (χ1n) is 10.5. The highest BCUT2D eigenvalue weighted by molar-refractivity contribution is 7.92. The summed E-state index contributed by atoms with van der Waals surface area (Å²) in [6.07, 6.45) is 2.34. The number of carbonyl (C=O) groups is 2. The van der Waals surface area contributed by atoms with Crippen molar-refractivity contribution < 1.29 is 22.7 Å². The molecule has 2 rings (SSSR count). The van der Waals surface area contributed by atoms with Gasteiger partial charge in [0.05, 0.1) is 30.3 Å². The maximum atomic E-state index is 12.5. The van der Waals surface area contributed by atoms with Crippen molar-refractivity contribution in [1.29, 1.82) is 0 Å². The van der Waals surface area contributed by atoms with Crippen LogP contribution in [0, 0.1) is 0 Å². The number of carbonyl (C=O) groups excluding carboxylic acids is 2. The summed E-state index contributed by atoms with van der Waals surface area (Å²) in [6, 6.07) is 13.5. The summed E-state index contributed by atoms with van der Waals surface area (Å²) in [7, 11) is -1.98. The van der Waals surface area contributed by atoms with E-state index in [-0.39, 0.29) is 30.8 Å². The summed E-state index contributed by atoms with van der Waals surface area (Å²) in [6.45, 7) is 4.04. The SMILES string of the molecule is CC[C@H](C)NC(=O)c1ccccc1NC(=O)CCCN(c1ccc(OC)cc1)S(C)(=O)=O. The van der Waals surface area contributed by atoms with Crippen LogP contribution in [0.3, 0.4) is 0 Å². The van der Waals surface area contributed by atoms with Crippen molar-refractivity contribution in [2.24, 2.45) is 0 Å². The summed E-state index contributed by atoms with van der Waals surface area (Å²) in [4.78, 5) is 25.0. The Morgan fingerprint density at radius 2 is 1.75 bits per heavy atom. The van der Waals surface area contributed by atoms with Gasteiger partial charge in [-0.25, -0.2) is 8.42 Å². The third kappa shape index (κ3) is 7.26. The molecule has 0 unspecified atom stereocenters. The van der Waals surface area contributed by atoms with Gasteiger partial charge in [-0.15, -0.1) is 0 Å². The van der Waals surface area contributed by atoms with Gasteiger partial charge in [-0.2, -0.15) is 0 Å². The molecule has 1 atom stereocenters. The maximum absolute atomic E-state index is 12.5. The summed E-state index contributed by atoms with van der Waals surface area (Å²) in [5.41, 5.74) is 1.31. The van der Waals surface area contributed by atoms with Crippen LogP contribution < -0.4 is 19.7 Å². The van der Waals surface area contributed by atoms with Gasteiger partial charge in [-0.3, -0.25) is 13.9 Å². The molecule has 0 fully saturated rings. The average molecular weight is 462 g/mol. The Labute approximate surface area is 190 Å². The minimum absolute atomic E-state index is 0.0196. The Bertz CT molecular complexity index is 1020. The second kappa shape index (κ2) is 11.5. The molecule has 0 aliphatic heterocycles. The third-order valence-corrected chi connectivity index (χ3v) is 6.16. The zero-order chi connectivity index (χ0) is 23.7. The second-order valence-corrected chi connectivity index (χ2v) is 9.42. The predicted octanol–water partition coefficient (Wildman–Crippen LogP) is 3.41. The summed E-state index contributed by atoms with van der Waals surface area (Å²) < 4.78 is 30.8. The molecule has 9 heteroatoms. The number of benzene rings is 2. The van der Waals surface area contributed by atoms with E-state index < -0.39 is 10.0 Å². The molecule has 0 radical (unpaired) electrons. The Morgan fingerprint density at radius 3 is 2.34 bits per heavy atom. The van der Waals surface area contributed by atoms with Gasteiger partial charge in [-0.05, 0) is 56.2 Å². The highest BCUT2D eigenvalue weighted by atomic mass is 32.2. The van der Waals surface area contributed by atoms with Crippen LogP contribution in [0.15, 0.2) is 48.5 Å². The largest absolute Gasteiger partial charge is 0.497 e. The van der Waals surface area contributed by atoms with Crippen LogP contribution >= 0.6 is 0 Å². The number of anilines is 2. The van der Waals surface area contributed by atoms with Crippen molar-refractivity contribution in [1.82, 2.24) is 5.32 Å². The zero-order valence-electron chi connectivity index (χ0n) is 18.9. The number of sulfonamides is 1. The monoisotopic (exact) mass is 461 g/mol. The Hall–Kier alpha value is -3.07. The molecule has 0 saturated heterocycles. The van der Waals surface area contributed by atoms with Crippen molar-refractivity contribution in [3.63, 3.8) is 0 Å². The number of nitrogens with one attached hydrogen (secondary N) is 2. The molecule has 32 heavy (non-hydrogen) atoms. The molecule has 0 saturated carbocycles. The first kappa shape index (κ1) is 25.2. The van der Waals surface area contributed by atoms with Crippen LogP contribution in [0.25, 0.3) is 0 Å². The van der Waals surface area contributed by atoms with E-state index in [2.05, 4.69) is 10.6 Å². The molecule has 2 aromatic rings. The third-order valence-electron chi connectivity index (χ3n) is 4.96. The van der Waals surface area contributed by atoms with E-state index in [0.29, 0.717) is 29.1 Å². The van der Waals surface area contributed by atoms with Crippen molar-refractivity contribution >= 4 is 33.2 Å². The number of ether oxygens (including phenoxy) is 1. The van der Waals surface area contributed by atoms with Gasteiger partial charge in [0.15, 0.2) is 0 Å². The fourth-order valence-electron chi connectivity index (χ4n) is 3.02. The lowest BCUT2D eigenvalue weighted by atomic mass is 10.1. The van der Waals surface area contributed by atoms with E-state index in [1.54, 1.807) is 48.5 Å². The molecule has 0 aromatic heterocycles. The highest BCUT2D eigenvalue weighted by Gasteiger charge is 2.19. The zero-order valence-corrected chi connectivity index (χ0v) is 19.7. The maximum Gasteiger partial charge on any atom is 0.253 e. The van der Waals surface area contributed by atoms with Crippen LogP contribution in [-0.4, -0.2) is 46.2 Å². The topological polar surface area (TPSA) is 105 Å².